The minimum Gasteiger partial charge on any atom is -0.339 e. The van der Waals surface area contributed by atoms with Crippen molar-refractivity contribution in [1.82, 2.24) is 24.1 Å². The highest BCUT2D eigenvalue weighted by atomic mass is 19.1. The molecule has 1 fully saturated rings. The molecule has 0 spiro atoms. The van der Waals surface area contributed by atoms with Crippen LogP contribution in [0.2, 0.25) is 0 Å². The predicted octanol–water partition coefficient (Wildman–Crippen LogP) is 5.55. The van der Waals surface area contributed by atoms with Crippen molar-refractivity contribution in [1.29, 1.82) is 0 Å². The van der Waals surface area contributed by atoms with Gasteiger partial charge in [-0.1, -0.05) is 43.2 Å². The first-order chi connectivity index (χ1) is 17.2. The van der Waals surface area contributed by atoms with Crippen LogP contribution in [0, 0.1) is 5.82 Å². The molecule has 1 aliphatic heterocycles. The number of fused-ring (bicyclic) bond motifs is 2. The lowest BCUT2D eigenvalue weighted by Gasteiger charge is -2.20. The second-order valence-corrected chi connectivity index (χ2v) is 9.15. The Morgan fingerprint density at radius 2 is 1.74 bits per heavy atom. The monoisotopic (exact) mass is 467 g/mol. The number of carbonyl (C=O) groups is 1. The van der Waals surface area contributed by atoms with Crippen LogP contribution in [0.3, 0.4) is 0 Å². The molecule has 2 aromatic carbocycles. The van der Waals surface area contributed by atoms with Crippen molar-refractivity contribution in [2.45, 2.75) is 32.2 Å². The van der Waals surface area contributed by atoms with E-state index in [0.29, 0.717) is 29.1 Å². The first kappa shape index (κ1) is 21.5. The summed E-state index contributed by atoms with van der Waals surface area (Å²) < 4.78 is 17.7. The fourth-order valence-electron chi connectivity index (χ4n) is 4.96. The van der Waals surface area contributed by atoms with Crippen LogP contribution < -0.4 is 0 Å². The van der Waals surface area contributed by atoms with Gasteiger partial charge in [0.1, 0.15) is 17.2 Å². The number of nitrogens with zero attached hydrogens (tertiary/aromatic N) is 5. The molecule has 5 aromatic rings. The molecule has 0 atom stereocenters. The van der Waals surface area contributed by atoms with Crippen LogP contribution in [0.5, 0.6) is 0 Å². The average Bonchev–Trinajstić information content (AvgIpc) is 3.32. The Bertz CT molecular complexity index is 1510. The summed E-state index contributed by atoms with van der Waals surface area (Å²) in [5, 5.41) is 5.85. The van der Waals surface area contributed by atoms with Crippen molar-refractivity contribution in [3.63, 3.8) is 0 Å². The first-order valence-corrected chi connectivity index (χ1v) is 12.1. The van der Waals surface area contributed by atoms with Gasteiger partial charge >= 0.3 is 0 Å². The van der Waals surface area contributed by atoms with Gasteiger partial charge in [0.05, 0.1) is 24.0 Å². The number of aromatic nitrogens is 4. The smallest absolute Gasteiger partial charge is 0.253 e. The molecule has 6 rings (SSSR count). The Morgan fingerprint density at radius 1 is 0.943 bits per heavy atom. The third-order valence-corrected chi connectivity index (χ3v) is 6.78. The van der Waals surface area contributed by atoms with Gasteiger partial charge in [0.25, 0.3) is 5.91 Å². The van der Waals surface area contributed by atoms with Gasteiger partial charge in [-0.3, -0.25) is 13.9 Å². The molecule has 0 unspecified atom stereocenters. The first-order valence-electron chi connectivity index (χ1n) is 12.1. The van der Waals surface area contributed by atoms with Gasteiger partial charge in [-0.25, -0.2) is 9.37 Å². The Balaban J connectivity index is 1.48. The Hall–Kier alpha value is -4.00. The molecule has 7 heteroatoms. The van der Waals surface area contributed by atoms with Crippen molar-refractivity contribution in [3.05, 3.63) is 90.0 Å². The van der Waals surface area contributed by atoms with E-state index in [1.807, 2.05) is 46.0 Å². The second kappa shape index (κ2) is 8.98. The number of amides is 1. The highest BCUT2D eigenvalue weighted by molar-refractivity contribution is 6.01. The summed E-state index contributed by atoms with van der Waals surface area (Å²) in [6.45, 7) is 2.17. The molecular weight excluding hydrogens is 441 g/mol. The highest BCUT2D eigenvalue weighted by Crippen LogP contribution is 2.30. The summed E-state index contributed by atoms with van der Waals surface area (Å²) in [4.78, 5) is 19.8. The maximum absolute atomic E-state index is 14.0. The summed E-state index contributed by atoms with van der Waals surface area (Å²) in [6, 6.07) is 19.0. The van der Waals surface area contributed by atoms with Crippen molar-refractivity contribution in [3.8, 4) is 11.4 Å². The average molecular weight is 468 g/mol. The second-order valence-electron chi connectivity index (χ2n) is 9.15. The molecule has 35 heavy (non-hydrogen) atoms. The molecule has 0 saturated carbocycles. The molecule has 3 aromatic heterocycles. The summed E-state index contributed by atoms with van der Waals surface area (Å²) in [5.74, 6) is -0.269. The van der Waals surface area contributed by atoms with Crippen molar-refractivity contribution in [2.75, 3.05) is 13.1 Å². The number of benzene rings is 2. The molecule has 4 heterocycles. The van der Waals surface area contributed by atoms with E-state index in [2.05, 4.69) is 17.1 Å². The van der Waals surface area contributed by atoms with E-state index >= 15 is 0 Å². The molecule has 0 bridgehead atoms. The molecule has 1 aliphatic rings. The molecule has 0 aliphatic carbocycles. The molecule has 1 amide bonds. The number of halogens is 1. The van der Waals surface area contributed by atoms with Crippen LogP contribution in [0.25, 0.3) is 27.9 Å². The van der Waals surface area contributed by atoms with E-state index in [1.165, 1.54) is 25.1 Å². The van der Waals surface area contributed by atoms with Gasteiger partial charge < -0.3 is 4.90 Å². The Kier molecular flexibility index (Phi) is 5.52. The van der Waals surface area contributed by atoms with Gasteiger partial charge in [-0.2, -0.15) is 5.10 Å². The summed E-state index contributed by atoms with van der Waals surface area (Å²) in [6.07, 6.45) is 7.60. The predicted molar refractivity (Wildman–Crippen MR) is 134 cm³/mol. The fraction of sp³-hybridized carbons (Fsp3) is 0.250. The van der Waals surface area contributed by atoms with Gasteiger partial charge in [-0.15, -0.1) is 0 Å². The third kappa shape index (κ3) is 4.07. The minimum atomic E-state index is -0.338. The van der Waals surface area contributed by atoms with E-state index in [-0.39, 0.29) is 11.7 Å². The zero-order chi connectivity index (χ0) is 23.8. The maximum atomic E-state index is 14.0. The molecule has 0 N–H and O–H groups in total. The van der Waals surface area contributed by atoms with E-state index in [4.69, 9.17) is 5.10 Å². The molecule has 1 saturated heterocycles. The third-order valence-electron chi connectivity index (χ3n) is 6.78. The molecular formula is C28H26FN5O. The topological polar surface area (TPSA) is 55.4 Å². The largest absolute Gasteiger partial charge is 0.339 e. The molecule has 0 radical (unpaired) electrons. The number of hydrogen-bond acceptors (Lipinski definition) is 3. The van der Waals surface area contributed by atoms with E-state index in [1.54, 1.807) is 16.7 Å². The number of pyridine rings is 1. The van der Waals surface area contributed by atoms with E-state index in [9.17, 15) is 9.18 Å². The zero-order valence-electron chi connectivity index (χ0n) is 19.4. The summed E-state index contributed by atoms with van der Waals surface area (Å²) >= 11 is 0. The minimum absolute atomic E-state index is 0.0692. The quantitative estimate of drug-likeness (QED) is 0.348. The highest BCUT2D eigenvalue weighted by Gasteiger charge is 2.21. The van der Waals surface area contributed by atoms with Gasteiger partial charge in [0, 0.05) is 30.2 Å². The van der Waals surface area contributed by atoms with E-state index in [0.717, 1.165) is 42.4 Å². The SMILES string of the molecule is O=C(c1ccc2c(-c3cnc4ccc(F)cn34)nn(Cc3ccccc3)c2c1)N1CCCCCC1. The summed E-state index contributed by atoms with van der Waals surface area (Å²) in [7, 11) is 0. The lowest BCUT2D eigenvalue weighted by Crippen LogP contribution is -2.31. The van der Waals surface area contributed by atoms with Crippen LogP contribution in [0.15, 0.2) is 73.1 Å². The van der Waals surface area contributed by atoms with Crippen LogP contribution >= 0.6 is 0 Å². The number of likely N-dealkylation sites (tertiary alicyclic amines) is 1. The lowest BCUT2D eigenvalue weighted by molar-refractivity contribution is 0.0762. The molecule has 6 nitrogen and oxygen atoms in total. The number of rotatable bonds is 4. The Morgan fingerprint density at radius 3 is 2.54 bits per heavy atom. The van der Waals surface area contributed by atoms with Crippen LogP contribution in [0.1, 0.15) is 41.6 Å². The van der Waals surface area contributed by atoms with Crippen molar-refractivity contribution < 1.29 is 9.18 Å². The van der Waals surface area contributed by atoms with Crippen LogP contribution in [-0.2, 0) is 6.54 Å². The standard InChI is InChI=1S/C28H26FN5O/c29-22-11-13-26-30-17-25(33(26)19-22)27-23-12-10-21(28(35)32-14-6-1-2-7-15-32)16-24(23)34(31-27)18-20-8-4-3-5-9-20/h3-5,8-13,16-17,19H,1-2,6-7,14-15,18H2. The number of carbonyl (C=O) groups excluding carboxylic acids is 1. The normalized spacial score (nSPS) is 14.5. The maximum Gasteiger partial charge on any atom is 0.253 e. The molecule has 176 valence electrons. The number of imidazole rings is 1. The number of hydrogen-bond donors (Lipinski definition) is 0. The Labute approximate surface area is 202 Å². The van der Waals surface area contributed by atoms with Crippen LogP contribution in [-0.4, -0.2) is 43.1 Å². The van der Waals surface area contributed by atoms with Crippen LogP contribution in [0.4, 0.5) is 4.39 Å². The van der Waals surface area contributed by atoms with Gasteiger partial charge in [-0.05, 0) is 48.7 Å². The van der Waals surface area contributed by atoms with Crippen molar-refractivity contribution >= 4 is 22.5 Å². The van der Waals surface area contributed by atoms with Gasteiger partial charge in [0.15, 0.2) is 0 Å². The van der Waals surface area contributed by atoms with Crippen molar-refractivity contribution in [2.24, 2.45) is 0 Å². The lowest BCUT2D eigenvalue weighted by atomic mass is 10.1. The summed E-state index contributed by atoms with van der Waals surface area (Å²) in [5.41, 5.74) is 4.72. The van der Waals surface area contributed by atoms with E-state index < -0.39 is 0 Å². The fourth-order valence-corrected chi connectivity index (χ4v) is 4.96. The zero-order valence-corrected chi connectivity index (χ0v) is 19.4. The van der Waals surface area contributed by atoms with Gasteiger partial charge in [0.2, 0.25) is 0 Å².